The molecule has 0 bridgehead atoms. The molecule has 3 aromatic carbocycles. The minimum atomic E-state index is -5.08. The lowest BCUT2D eigenvalue weighted by molar-refractivity contribution is -0.192. The van der Waals surface area contributed by atoms with E-state index in [1.54, 1.807) is 12.1 Å². The van der Waals surface area contributed by atoms with Crippen molar-refractivity contribution in [1.82, 2.24) is 15.5 Å². The standard InChI is InChI=1S/C27H31N3O2.C2HF3O2/c1-2-32-26-11-5-10-25(18-26)27(31)29-19-21-6-3-8-23(16-21)24-9-4-7-22(17-24)20-30-14-12-28-13-15-30;3-2(4,5)1(6)7/h3-11,16-18,28H,2,12-15,19-20H2,1H3,(H,29,31);(H,6,7). The zero-order chi connectivity index (χ0) is 28.3. The van der Waals surface area contributed by atoms with Gasteiger partial charge in [-0.05, 0) is 59.5 Å². The van der Waals surface area contributed by atoms with Gasteiger partial charge in [-0.3, -0.25) is 9.69 Å². The number of aliphatic carboxylic acids is 1. The smallest absolute Gasteiger partial charge is 0.490 e. The van der Waals surface area contributed by atoms with Crippen LogP contribution in [0.1, 0.15) is 28.4 Å². The predicted octanol–water partition coefficient (Wildman–Crippen LogP) is 4.72. The molecule has 0 unspecified atom stereocenters. The van der Waals surface area contributed by atoms with E-state index in [9.17, 15) is 18.0 Å². The van der Waals surface area contributed by atoms with Crippen LogP contribution >= 0.6 is 0 Å². The number of hydrogen-bond acceptors (Lipinski definition) is 5. The van der Waals surface area contributed by atoms with Crippen LogP contribution in [0.15, 0.2) is 72.8 Å². The van der Waals surface area contributed by atoms with E-state index in [2.05, 4.69) is 58.0 Å². The van der Waals surface area contributed by atoms with Gasteiger partial charge in [-0.1, -0.05) is 42.5 Å². The van der Waals surface area contributed by atoms with E-state index in [0.29, 0.717) is 24.5 Å². The van der Waals surface area contributed by atoms with Gasteiger partial charge < -0.3 is 20.5 Å². The Morgan fingerprint density at radius 1 is 0.949 bits per heavy atom. The van der Waals surface area contributed by atoms with Gasteiger partial charge >= 0.3 is 12.1 Å². The molecule has 3 aromatic rings. The summed E-state index contributed by atoms with van der Waals surface area (Å²) >= 11 is 0. The third-order valence-corrected chi connectivity index (χ3v) is 5.91. The molecule has 0 aliphatic carbocycles. The van der Waals surface area contributed by atoms with Crippen molar-refractivity contribution in [3.8, 4) is 16.9 Å². The maximum atomic E-state index is 12.6. The number of benzene rings is 3. The van der Waals surface area contributed by atoms with Crippen molar-refractivity contribution >= 4 is 11.9 Å². The highest BCUT2D eigenvalue weighted by Gasteiger charge is 2.38. The zero-order valence-electron chi connectivity index (χ0n) is 21.6. The van der Waals surface area contributed by atoms with Crippen LogP contribution in [-0.2, 0) is 17.9 Å². The first-order valence-corrected chi connectivity index (χ1v) is 12.6. The summed E-state index contributed by atoms with van der Waals surface area (Å²) < 4.78 is 37.2. The summed E-state index contributed by atoms with van der Waals surface area (Å²) in [6.07, 6.45) is -5.08. The molecule has 0 atom stereocenters. The lowest BCUT2D eigenvalue weighted by Crippen LogP contribution is -2.42. The summed E-state index contributed by atoms with van der Waals surface area (Å²) in [4.78, 5) is 24.0. The van der Waals surface area contributed by atoms with Crippen LogP contribution < -0.4 is 15.4 Å². The minimum Gasteiger partial charge on any atom is -0.494 e. The number of amides is 1. The molecule has 1 aliphatic rings. The molecular weight excluding hydrogens is 511 g/mol. The Labute approximate surface area is 225 Å². The molecule has 0 radical (unpaired) electrons. The van der Waals surface area contributed by atoms with Crippen molar-refractivity contribution in [2.75, 3.05) is 32.8 Å². The summed E-state index contributed by atoms with van der Waals surface area (Å²) in [5.41, 5.74) is 5.38. The number of nitrogens with one attached hydrogen (secondary N) is 2. The average Bonchev–Trinajstić information content (AvgIpc) is 2.93. The van der Waals surface area contributed by atoms with Crippen LogP contribution in [0.3, 0.4) is 0 Å². The first-order valence-electron chi connectivity index (χ1n) is 12.6. The Hall–Kier alpha value is -3.89. The Morgan fingerprint density at radius 3 is 2.15 bits per heavy atom. The van der Waals surface area contributed by atoms with E-state index in [0.717, 1.165) is 43.9 Å². The molecule has 1 heterocycles. The van der Waals surface area contributed by atoms with Crippen LogP contribution in [0.2, 0.25) is 0 Å². The molecule has 4 rings (SSSR count). The fourth-order valence-corrected chi connectivity index (χ4v) is 4.02. The first kappa shape index (κ1) is 29.7. The lowest BCUT2D eigenvalue weighted by atomic mass is 10.0. The maximum Gasteiger partial charge on any atom is 0.490 e. The quantitative estimate of drug-likeness (QED) is 0.381. The number of hydrogen-bond donors (Lipinski definition) is 3. The molecular formula is C29H32F3N3O4. The largest absolute Gasteiger partial charge is 0.494 e. The highest BCUT2D eigenvalue weighted by molar-refractivity contribution is 5.94. The summed E-state index contributed by atoms with van der Waals surface area (Å²) in [6.45, 7) is 8.26. The fourth-order valence-electron chi connectivity index (χ4n) is 4.02. The van der Waals surface area contributed by atoms with E-state index in [4.69, 9.17) is 14.6 Å². The van der Waals surface area contributed by atoms with Crippen LogP contribution in [-0.4, -0.2) is 60.8 Å². The number of piperazine rings is 1. The molecule has 1 fully saturated rings. The number of carboxylic acid groups (broad SMARTS) is 1. The van der Waals surface area contributed by atoms with Crippen molar-refractivity contribution in [3.63, 3.8) is 0 Å². The van der Waals surface area contributed by atoms with Gasteiger partial charge in [0.2, 0.25) is 0 Å². The summed E-state index contributed by atoms with van der Waals surface area (Å²) in [5, 5.41) is 13.6. The van der Waals surface area contributed by atoms with Gasteiger partial charge in [-0.25, -0.2) is 4.79 Å². The van der Waals surface area contributed by atoms with Crippen LogP contribution in [0, 0.1) is 0 Å². The molecule has 1 saturated heterocycles. The molecule has 7 nitrogen and oxygen atoms in total. The number of halogens is 3. The second-order valence-corrected chi connectivity index (χ2v) is 8.87. The van der Waals surface area contributed by atoms with E-state index in [-0.39, 0.29) is 5.91 Å². The monoisotopic (exact) mass is 543 g/mol. The van der Waals surface area contributed by atoms with E-state index < -0.39 is 12.1 Å². The fraction of sp³-hybridized carbons (Fsp3) is 0.310. The molecule has 1 amide bonds. The van der Waals surface area contributed by atoms with Gasteiger partial charge in [0.25, 0.3) is 5.91 Å². The molecule has 0 aromatic heterocycles. The number of rotatable bonds is 8. The minimum absolute atomic E-state index is 0.102. The van der Waals surface area contributed by atoms with Crippen molar-refractivity contribution in [1.29, 1.82) is 0 Å². The van der Waals surface area contributed by atoms with Gasteiger partial charge in [0.05, 0.1) is 6.61 Å². The van der Waals surface area contributed by atoms with Crippen LogP contribution in [0.4, 0.5) is 13.2 Å². The van der Waals surface area contributed by atoms with Crippen molar-refractivity contribution in [2.24, 2.45) is 0 Å². The van der Waals surface area contributed by atoms with Crippen molar-refractivity contribution < 1.29 is 32.6 Å². The Kier molecular flexibility index (Phi) is 10.9. The summed E-state index contributed by atoms with van der Waals surface area (Å²) in [6, 6.07) is 24.4. The van der Waals surface area contributed by atoms with Gasteiger partial charge in [0.1, 0.15) is 5.75 Å². The Balaban J connectivity index is 0.000000532. The number of carbonyl (C=O) groups is 2. The highest BCUT2D eigenvalue weighted by atomic mass is 19.4. The topological polar surface area (TPSA) is 90.9 Å². The normalized spacial score (nSPS) is 13.6. The number of carboxylic acids is 1. The third kappa shape index (κ3) is 9.73. The molecule has 3 N–H and O–H groups in total. The van der Waals surface area contributed by atoms with Crippen molar-refractivity contribution in [3.05, 3.63) is 89.5 Å². The molecule has 10 heteroatoms. The SMILES string of the molecule is CCOc1cccc(C(=O)NCc2cccc(-c3cccc(CN4CCNCC4)c3)c2)c1.O=C(O)C(F)(F)F. The molecule has 208 valence electrons. The molecule has 0 spiro atoms. The number of ether oxygens (including phenoxy) is 1. The Morgan fingerprint density at radius 2 is 1.54 bits per heavy atom. The lowest BCUT2D eigenvalue weighted by Gasteiger charge is -2.27. The third-order valence-electron chi connectivity index (χ3n) is 5.91. The number of nitrogens with zero attached hydrogens (tertiary/aromatic N) is 1. The second-order valence-electron chi connectivity index (χ2n) is 8.87. The molecule has 1 aliphatic heterocycles. The maximum absolute atomic E-state index is 12.6. The van der Waals surface area contributed by atoms with E-state index >= 15 is 0 Å². The number of carbonyl (C=O) groups excluding carboxylic acids is 1. The number of alkyl halides is 3. The summed E-state index contributed by atoms with van der Waals surface area (Å²) in [5.74, 6) is -2.15. The van der Waals surface area contributed by atoms with Gasteiger partial charge in [-0.15, -0.1) is 0 Å². The van der Waals surface area contributed by atoms with Gasteiger partial charge in [-0.2, -0.15) is 13.2 Å². The molecule has 39 heavy (non-hydrogen) atoms. The van der Waals surface area contributed by atoms with Crippen LogP contribution in [0.5, 0.6) is 5.75 Å². The highest BCUT2D eigenvalue weighted by Crippen LogP contribution is 2.23. The van der Waals surface area contributed by atoms with Gasteiger partial charge in [0.15, 0.2) is 0 Å². The Bertz CT molecular complexity index is 1240. The van der Waals surface area contributed by atoms with Crippen LogP contribution in [0.25, 0.3) is 11.1 Å². The van der Waals surface area contributed by atoms with E-state index in [1.807, 2.05) is 25.1 Å². The average molecular weight is 544 g/mol. The zero-order valence-corrected chi connectivity index (χ0v) is 21.6. The summed E-state index contributed by atoms with van der Waals surface area (Å²) in [7, 11) is 0. The van der Waals surface area contributed by atoms with Gasteiger partial charge in [0, 0.05) is 44.8 Å². The van der Waals surface area contributed by atoms with E-state index in [1.165, 1.54) is 11.1 Å². The second kappa shape index (κ2) is 14.3. The predicted molar refractivity (Wildman–Crippen MR) is 142 cm³/mol. The van der Waals surface area contributed by atoms with Crippen molar-refractivity contribution in [2.45, 2.75) is 26.2 Å². The first-order chi connectivity index (χ1) is 18.7. The molecule has 0 saturated carbocycles.